The Morgan fingerprint density at radius 1 is 1.23 bits per heavy atom. The molecule has 7 nitrogen and oxygen atoms in total. The molecule has 0 saturated carbocycles. The summed E-state index contributed by atoms with van der Waals surface area (Å²) < 4.78 is 16.1. The SMILES string of the molecule is CCOC(=O)c1[nH]c(C)c(CN(CC2CCCO2)C(=O)c2ccc(OC)cc2)c1C. The lowest BCUT2D eigenvalue weighted by Crippen LogP contribution is -2.37. The molecule has 1 amide bonds. The first-order chi connectivity index (χ1) is 14.4. The van der Waals surface area contributed by atoms with Gasteiger partial charge in [-0.15, -0.1) is 0 Å². The Morgan fingerprint density at radius 3 is 2.57 bits per heavy atom. The zero-order valence-electron chi connectivity index (χ0n) is 18.1. The van der Waals surface area contributed by atoms with Gasteiger partial charge in [-0.25, -0.2) is 4.79 Å². The van der Waals surface area contributed by atoms with E-state index in [1.165, 1.54) is 0 Å². The van der Waals surface area contributed by atoms with Gasteiger partial charge in [0.1, 0.15) is 11.4 Å². The first kappa shape index (κ1) is 21.9. The Labute approximate surface area is 177 Å². The Balaban J connectivity index is 1.87. The van der Waals surface area contributed by atoms with Crippen LogP contribution in [0, 0.1) is 13.8 Å². The minimum atomic E-state index is -0.378. The molecule has 1 aromatic heterocycles. The van der Waals surface area contributed by atoms with Crippen molar-refractivity contribution < 1.29 is 23.8 Å². The molecule has 1 aromatic carbocycles. The second-order valence-electron chi connectivity index (χ2n) is 7.50. The van der Waals surface area contributed by atoms with Gasteiger partial charge >= 0.3 is 5.97 Å². The molecule has 0 spiro atoms. The number of carbonyl (C=O) groups is 2. The smallest absolute Gasteiger partial charge is 0.355 e. The monoisotopic (exact) mass is 414 g/mol. The summed E-state index contributed by atoms with van der Waals surface area (Å²) in [5, 5.41) is 0. The van der Waals surface area contributed by atoms with Crippen LogP contribution >= 0.6 is 0 Å². The molecule has 162 valence electrons. The Bertz CT molecular complexity index is 882. The summed E-state index contributed by atoms with van der Waals surface area (Å²) in [5.74, 6) is 0.246. The van der Waals surface area contributed by atoms with Gasteiger partial charge in [0, 0.05) is 31.0 Å². The number of nitrogens with one attached hydrogen (secondary N) is 1. The van der Waals surface area contributed by atoms with Crippen LogP contribution in [0.5, 0.6) is 5.75 Å². The van der Waals surface area contributed by atoms with Crippen molar-refractivity contribution in [1.29, 1.82) is 0 Å². The van der Waals surface area contributed by atoms with E-state index >= 15 is 0 Å². The molecule has 0 bridgehead atoms. The van der Waals surface area contributed by atoms with Crippen LogP contribution in [0.3, 0.4) is 0 Å². The van der Waals surface area contributed by atoms with Crippen molar-refractivity contribution in [2.75, 3.05) is 26.9 Å². The van der Waals surface area contributed by atoms with Gasteiger partial charge < -0.3 is 24.1 Å². The molecular formula is C23H30N2O5. The molecule has 1 N–H and O–H groups in total. The molecule has 1 unspecified atom stereocenters. The van der Waals surface area contributed by atoms with Gasteiger partial charge in [0.25, 0.3) is 5.91 Å². The predicted octanol–water partition coefficient (Wildman–Crippen LogP) is 3.64. The zero-order chi connectivity index (χ0) is 21.7. The van der Waals surface area contributed by atoms with E-state index in [0.717, 1.165) is 36.3 Å². The fourth-order valence-corrected chi connectivity index (χ4v) is 3.79. The first-order valence-electron chi connectivity index (χ1n) is 10.3. The average molecular weight is 415 g/mol. The highest BCUT2D eigenvalue weighted by atomic mass is 16.5. The second-order valence-corrected chi connectivity index (χ2v) is 7.50. The normalized spacial score (nSPS) is 15.8. The maximum atomic E-state index is 13.3. The lowest BCUT2D eigenvalue weighted by molar-refractivity contribution is 0.0506. The van der Waals surface area contributed by atoms with E-state index in [1.807, 2.05) is 13.8 Å². The number of aryl methyl sites for hydroxylation is 1. The summed E-state index contributed by atoms with van der Waals surface area (Å²) in [7, 11) is 1.60. The van der Waals surface area contributed by atoms with Gasteiger partial charge in [0.05, 0.1) is 19.8 Å². The van der Waals surface area contributed by atoms with Crippen LogP contribution < -0.4 is 4.74 Å². The summed E-state index contributed by atoms with van der Waals surface area (Å²) in [4.78, 5) is 30.5. The molecule has 1 saturated heterocycles. The number of H-pyrrole nitrogens is 1. The highest BCUT2D eigenvalue weighted by molar-refractivity contribution is 5.94. The topological polar surface area (TPSA) is 80.9 Å². The van der Waals surface area contributed by atoms with E-state index in [9.17, 15) is 9.59 Å². The Morgan fingerprint density at radius 2 is 1.97 bits per heavy atom. The van der Waals surface area contributed by atoms with Crippen LogP contribution in [0.4, 0.5) is 0 Å². The van der Waals surface area contributed by atoms with Crippen molar-refractivity contribution >= 4 is 11.9 Å². The molecule has 1 aliphatic heterocycles. The van der Waals surface area contributed by atoms with Crippen molar-refractivity contribution in [3.05, 3.63) is 52.3 Å². The van der Waals surface area contributed by atoms with Gasteiger partial charge in [-0.05, 0) is 69.0 Å². The van der Waals surface area contributed by atoms with Crippen molar-refractivity contribution in [1.82, 2.24) is 9.88 Å². The van der Waals surface area contributed by atoms with Gasteiger partial charge in [-0.3, -0.25) is 4.79 Å². The van der Waals surface area contributed by atoms with E-state index in [-0.39, 0.29) is 18.0 Å². The number of aromatic nitrogens is 1. The molecular weight excluding hydrogens is 384 g/mol. The van der Waals surface area contributed by atoms with Gasteiger partial charge in [0.15, 0.2) is 0 Å². The predicted molar refractivity (Wildman–Crippen MR) is 113 cm³/mol. The molecule has 7 heteroatoms. The van der Waals surface area contributed by atoms with E-state index in [0.29, 0.717) is 36.7 Å². The minimum absolute atomic E-state index is 0.0243. The quantitative estimate of drug-likeness (QED) is 0.667. The molecule has 3 rings (SSSR count). The Kier molecular flexibility index (Phi) is 7.15. The number of methoxy groups -OCH3 is 1. The van der Waals surface area contributed by atoms with Gasteiger partial charge in [-0.2, -0.15) is 0 Å². The fourth-order valence-electron chi connectivity index (χ4n) is 3.79. The molecule has 0 radical (unpaired) electrons. The molecule has 1 atom stereocenters. The third-order valence-electron chi connectivity index (χ3n) is 5.49. The second kappa shape index (κ2) is 9.80. The van der Waals surface area contributed by atoms with Crippen LogP contribution in [-0.2, 0) is 16.0 Å². The van der Waals surface area contributed by atoms with E-state index in [2.05, 4.69) is 4.98 Å². The van der Waals surface area contributed by atoms with Crippen molar-refractivity contribution in [2.24, 2.45) is 0 Å². The number of aromatic amines is 1. The summed E-state index contributed by atoms with van der Waals surface area (Å²) in [6.07, 6.45) is 1.96. The number of carbonyl (C=O) groups excluding carboxylic acids is 2. The highest BCUT2D eigenvalue weighted by Gasteiger charge is 2.26. The van der Waals surface area contributed by atoms with Crippen LogP contribution in [0.25, 0.3) is 0 Å². The number of rotatable bonds is 8. The molecule has 1 fully saturated rings. The number of hydrogen-bond acceptors (Lipinski definition) is 5. The van der Waals surface area contributed by atoms with Crippen molar-refractivity contribution in [3.8, 4) is 5.75 Å². The largest absolute Gasteiger partial charge is 0.497 e. The van der Waals surface area contributed by atoms with Crippen LogP contribution in [-0.4, -0.2) is 54.7 Å². The lowest BCUT2D eigenvalue weighted by Gasteiger charge is -2.26. The average Bonchev–Trinajstić information content (AvgIpc) is 3.36. The first-order valence-corrected chi connectivity index (χ1v) is 10.3. The van der Waals surface area contributed by atoms with Crippen LogP contribution in [0.1, 0.15) is 57.4 Å². The maximum absolute atomic E-state index is 13.3. The lowest BCUT2D eigenvalue weighted by atomic mass is 10.1. The summed E-state index contributed by atoms with van der Waals surface area (Å²) >= 11 is 0. The van der Waals surface area contributed by atoms with Crippen LogP contribution in [0.15, 0.2) is 24.3 Å². The molecule has 1 aliphatic rings. The summed E-state index contributed by atoms with van der Waals surface area (Å²) in [5.41, 5.74) is 3.63. The molecule has 0 aliphatic carbocycles. The molecule has 30 heavy (non-hydrogen) atoms. The Hall–Kier alpha value is -2.80. The molecule has 2 heterocycles. The number of benzene rings is 1. The van der Waals surface area contributed by atoms with Crippen molar-refractivity contribution in [2.45, 2.75) is 46.3 Å². The minimum Gasteiger partial charge on any atom is -0.497 e. The van der Waals surface area contributed by atoms with Gasteiger partial charge in [-0.1, -0.05) is 0 Å². The standard InChI is InChI=1S/C23H30N2O5/c1-5-29-23(27)21-15(2)20(16(3)24-21)14-25(13-19-7-6-12-30-19)22(26)17-8-10-18(28-4)11-9-17/h8-11,19,24H,5-7,12-14H2,1-4H3. The number of nitrogens with zero attached hydrogens (tertiary/aromatic N) is 1. The maximum Gasteiger partial charge on any atom is 0.355 e. The third kappa shape index (κ3) is 4.84. The number of ether oxygens (including phenoxy) is 3. The summed E-state index contributed by atoms with van der Waals surface area (Å²) in [6, 6.07) is 7.10. The summed E-state index contributed by atoms with van der Waals surface area (Å²) in [6.45, 7) is 7.50. The van der Waals surface area contributed by atoms with E-state index in [1.54, 1.807) is 43.2 Å². The number of hydrogen-bond donors (Lipinski definition) is 1. The van der Waals surface area contributed by atoms with Crippen molar-refractivity contribution in [3.63, 3.8) is 0 Å². The fraction of sp³-hybridized carbons (Fsp3) is 0.478. The van der Waals surface area contributed by atoms with E-state index in [4.69, 9.17) is 14.2 Å². The van der Waals surface area contributed by atoms with E-state index < -0.39 is 0 Å². The van der Waals surface area contributed by atoms with Crippen LogP contribution in [0.2, 0.25) is 0 Å². The number of esters is 1. The zero-order valence-corrected chi connectivity index (χ0v) is 18.1. The molecule has 2 aromatic rings. The van der Waals surface area contributed by atoms with Gasteiger partial charge in [0.2, 0.25) is 0 Å². The number of amides is 1. The highest BCUT2D eigenvalue weighted by Crippen LogP contribution is 2.24. The third-order valence-corrected chi connectivity index (χ3v) is 5.49.